The first-order valence-electron chi connectivity index (χ1n) is 15.0. The number of H-pyrrole nitrogens is 1. The molecule has 12 nitrogen and oxygen atoms in total. The molecule has 0 saturated carbocycles. The van der Waals surface area contributed by atoms with Crippen molar-refractivity contribution in [3.8, 4) is 0 Å². The summed E-state index contributed by atoms with van der Waals surface area (Å²) in [6.45, 7) is 3.62. The maximum absolute atomic E-state index is 13.8. The van der Waals surface area contributed by atoms with Crippen LogP contribution in [0.4, 0.5) is 0 Å². The number of hydrogen-bond acceptors (Lipinski definition) is 6. The van der Waals surface area contributed by atoms with Gasteiger partial charge in [0.25, 0.3) is 11.8 Å². The second-order valence-electron chi connectivity index (χ2n) is 10.9. The molecule has 0 spiro atoms. The third-order valence-electron chi connectivity index (χ3n) is 7.53. The molecule has 0 bridgehead atoms. The number of fused-ring (bicyclic) bond motifs is 1. The number of carbonyl (C=O) groups is 5. The lowest BCUT2D eigenvalue weighted by Gasteiger charge is -2.24. The minimum atomic E-state index is -1.11. The smallest absolute Gasteiger partial charge is 0.289 e. The number of aromatic amines is 1. The fourth-order valence-corrected chi connectivity index (χ4v) is 4.93. The number of nitrogens with zero attached hydrogens (tertiary/aromatic N) is 2. The molecule has 236 valence electrons. The molecular weight excluding hydrogens is 574 g/mol. The van der Waals surface area contributed by atoms with Gasteiger partial charge in [0.05, 0.1) is 6.04 Å². The molecule has 4 amide bonds. The SMILES string of the molecule is CCCC[C@H](NC(=O)[C@H](Cc1c[nH]c2ccccc12)NC(=O)[C@H](C)NC(=O)c1ccnn1C)C(=O)C(=O)NCc1ccccc1. The van der Waals surface area contributed by atoms with Crippen LogP contribution >= 0.6 is 0 Å². The largest absolute Gasteiger partial charge is 0.361 e. The van der Waals surface area contributed by atoms with E-state index in [-0.39, 0.29) is 25.1 Å². The number of carbonyl (C=O) groups excluding carboxylic acids is 5. The molecule has 3 atom stereocenters. The van der Waals surface area contributed by atoms with Crippen LogP contribution in [0, 0.1) is 0 Å². The van der Waals surface area contributed by atoms with E-state index < -0.39 is 47.5 Å². The first-order valence-corrected chi connectivity index (χ1v) is 15.0. The van der Waals surface area contributed by atoms with E-state index in [2.05, 4.69) is 31.3 Å². The molecule has 0 radical (unpaired) electrons. The highest BCUT2D eigenvalue weighted by atomic mass is 16.2. The summed E-state index contributed by atoms with van der Waals surface area (Å²) < 4.78 is 1.39. The van der Waals surface area contributed by atoms with Crippen molar-refractivity contribution in [1.29, 1.82) is 0 Å². The lowest BCUT2D eigenvalue weighted by Crippen LogP contribution is -2.57. The summed E-state index contributed by atoms with van der Waals surface area (Å²) in [5.41, 5.74) is 2.74. The number of Topliss-reactive ketones (excluding diaryl/α,β-unsaturated/α-hetero) is 1. The molecule has 2 heterocycles. The Morgan fingerprint density at radius 2 is 1.60 bits per heavy atom. The van der Waals surface area contributed by atoms with Gasteiger partial charge in [-0.25, -0.2) is 0 Å². The summed E-state index contributed by atoms with van der Waals surface area (Å²) in [6.07, 6.45) is 4.93. The summed E-state index contributed by atoms with van der Waals surface area (Å²) >= 11 is 0. The van der Waals surface area contributed by atoms with Crippen molar-refractivity contribution in [3.05, 3.63) is 89.9 Å². The molecule has 45 heavy (non-hydrogen) atoms. The molecule has 12 heteroatoms. The first kappa shape index (κ1) is 32.6. The van der Waals surface area contributed by atoms with Crippen LogP contribution in [0.5, 0.6) is 0 Å². The molecule has 0 aliphatic carbocycles. The van der Waals surface area contributed by atoms with E-state index in [0.29, 0.717) is 6.42 Å². The molecule has 0 unspecified atom stereocenters. The van der Waals surface area contributed by atoms with Gasteiger partial charge in [0, 0.05) is 43.3 Å². The van der Waals surface area contributed by atoms with E-state index in [9.17, 15) is 24.0 Å². The number of nitrogens with one attached hydrogen (secondary N) is 5. The van der Waals surface area contributed by atoms with E-state index in [1.54, 1.807) is 13.2 Å². The van der Waals surface area contributed by atoms with Gasteiger partial charge in [-0.2, -0.15) is 5.10 Å². The van der Waals surface area contributed by atoms with Crippen LogP contribution < -0.4 is 21.3 Å². The Morgan fingerprint density at radius 1 is 0.889 bits per heavy atom. The molecule has 0 aliphatic rings. The van der Waals surface area contributed by atoms with E-state index in [1.807, 2.05) is 61.5 Å². The van der Waals surface area contributed by atoms with Crippen LogP contribution in [0.25, 0.3) is 10.9 Å². The van der Waals surface area contributed by atoms with Crippen LogP contribution in [-0.4, -0.2) is 62.3 Å². The van der Waals surface area contributed by atoms with Crippen molar-refractivity contribution in [1.82, 2.24) is 36.0 Å². The maximum atomic E-state index is 13.8. The minimum Gasteiger partial charge on any atom is -0.361 e. The number of para-hydroxylation sites is 1. The zero-order chi connectivity index (χ0) is 32.3. The topological polar surface area (TPSA) is 167 Å². The van der Waals surface area contributed by atoms with Gasteiger partial charge in [-0.3, -0.25) is 28.7 Å². The van der Waals surface area contributed by atoms with Crippen molar-refractivity contribution in [2.24, 2.45) is 7.05 Å². The molecule has 2 aromatic carbocycles. The van der Waals surface area contributed by atoms with Crippen molar-refractivity contribution in [2.75, 3.05) is 0 Å². The van der Waals surface area contributed by atoms with Crippen molar-refractivity contribution < 1.29 is 24.0 Å². The minimum absolute atomic E-state index is 0.0961. The zero-order valence-electron chi connectivity index (χ0n) is 25.6. The highest BCUT2D eigenvalue weighted by Gasteiger charge is 2.31. The second-order valence-corrected chi connectivity index (χ2v) is 10.9. The van der Waals surface area contributed by atoms with Gasteiger partial charge in [0.15, 0.2) is 0 Å². The van der Waals surface area contributed by atoms with Crippen LogP contribution in [0.2, 0.25) is 0 Å². The average Bonchev–Trinajstić information content (AvgIpc) is 3.67. The van der Waals surface area contributed by atoms with Gasteiger partial charge in [0.1, 0.15) is 17.8 Å². The molecule has 2 aromatic heterocycles. The van der Waals surface area contributed by atoms with Gasteiger partial charge in [-0.15, -0.1) is 0 Å². The molecule has 0 saturated heterocycles. The Balaban J connectivity index is 1.50. The van der Waals surface area contributed by atoms with Crippen LogP contribution in [-0.2, 0) is 39.2 Å². The number of aromatic nitrogens is 3. The summed E-state index contributed by atoms with van der Waals surface area (Å²) in [4.78, 5) is 69.0. The van der Waals surface area contributed by atoms with Gasteiger partial charge >= 0.3 is 0 Å². The molecule has 4 aromatic rings. The second kappa shape index (κ2) is 15.5. The van der Waals surface area contributed by atoms with Crippen molar-refractivity contribution >= 4 is 40.3 Å². The first-order chi connectivity index (χ1) is 21.7. The predicted octanol–water partition coefficient (Wildman–Crippen LogP) is 2.31. The number of rotatable bonds is 15. The van der Waals surface area contributed by atoms with Crippen molar-refractivity contribution in [2.45, 2.75) is 64.2 Å². The fourth-order valence-electron chi connectivity index (χ4n) is 4.93. The summed E-state index contributed by atoms with van der Waals surface area (Å²) in [6, 6.07) is 15.1. The number of ketones is 1. The quantitative estimate of drug-likeness (QED) is 0.129. The highest BCUT2D eigenvalue weighted by molar-refractivity contribution is 6.38. The summed E-state index contributed by atoms with van der Waals surface area (Å²) in [5, 5.41) is 15.6. The Labute approximate surface area is 261 Å². The number of unbranched alkanes of at least 4 members (excludes halogenated alkanes) is 1. The maximum Gasteiger partial charge on any atom is 0.289 e. The standard InChI is InChI=1S/C33H39N7O5/c1-4-5-14-26(29(41)33(45)35-19-22-11-7-6-8-12-22)38-31(43)27(18-23-20-34-25-15-10-9-13-24(23)25)39-30(42)21(2)37-32(44)28-16-17-36-40(28)3/h6-13,15-17,20-21,26-27,34H,4-5,14,18-19H2,1-3H3,(H,35,45)(H,37,44)(H,38,43)(H,39,42)/t21-,26-,27-/m0/s1. The Morgan fingerprint density at radius 3 is 2.31 bits per heavy atom. The predicted molar refractivity (Wildman–Crippen MR) is 169 cm³/mol. The van der Waals surface area contributed by atoms with Gasteiger partial charge < -0.3 is 26.3 Å². The normalized spacial score (nSPS) is 13.0. The van der Waals surface area contributed by atoms with Crippen molar-refractivity contribution in [3.63, 3.8) is 0 Å². The Hall–Kier alpha value is -5.26. The lowest BCUT2D eigenvalue weighted by atomic mass is 10.0. The van der Waals surface area contributed by atoms with Gasteiger partial charge in [-0.1, -0.05) is 68.3 Å². The fraction of sp³-hybridized carbons (Fsp3) is 0.333. The monoisotopic (exact) mass is 613 g/mol. The van der Waals surface area contributed by atoms with E-state index in [4.69, 9.17) is 0 Å². The van der Waals surface area contributed by atoms with Crippen LogP contribution in [0.3, 0.4) is 0 Å². The Bertz CT molecular complexity index is 1650. The van der Waals surface area contributed by atoms with Crippen LogP contribution in [0.1, 0.15) is 54.7 Å². The van der Waals surface area contributed by atoms with Gasteiger partial charge in [0.2, 0.25) is 17.6 Å². The Kier molecular flexibility index (Phi) is 11.2. The number of hydrogen-bond donors (Lipinski definition) is 5. The van der Waals surface area contributed by atoms with E-state index in [0.717, 1.165) is 28.5 Å². The summed E-state index contributed by atoms with van der Waals surface area (Å²) in [5.74, 6) is -3.28. The third kappa shape index (κ3) is 8.65. The number of aryl methyl sites for hydroxylation is 1. The zero-order valence-corrected chi connectivity index (χ0v) is 25.6. The third-order valence-corrected chi connectivity index (χ3v) is 7.53. The number of amides is 4. The van der Waals surface area contributed by atoms with E-state index >= 15 is 0 Å². The average molecular weight is 614 g/mol. The molecule has 0 aliphatic heterocycles. The lowest BCUT2D eigenvalue weighted by molar-refractivity contribution is -0.140. The molecule has 4 rings (SSSR count). The van der Waals surface area contributed by atoms with Gasteiger partial charge in [-0.05, 0) is 36.6 Å². The number of benzene rings is 2. The van der Waals surface area contributed by atoms with Crippen LogP contribution in [0.15, 0.2) is 73.1 Å². The molecule has 5 N–H and O–H groups in total. The van der Waals surface area contributed by atoms with E-state index in [1.165, 1.54) is 23.9 Å². The molecular formula is C33H39N7O5. The summed E-state index contributed by atoms with van der Waals surface area (Å²) in [7, 11) is 1.61. The molecule has 0 fully saturated rings. The highest BCUT2D eigenvalue weighted by Crippen LogP contribution is 2.19.